The van der Waals surface area contributed by atoms with Crippen molar-refractivity contribution in [2.45, 2.75) is 6.17 Å². The van der Waals surface area contributed by atoms with Gasteiger partial charge in [0.15, 0.2) is 17.5 Å². The normalized spacial score (nSPS) is 21.2. The molecule has 5 nitrogen and oxygen atoms in total. The summed E-state index contributed by atoms with van der Waals surface area (Å²) in [7, 11) is 0. The van der Waals surface area contributed by atoms with Crippen LogP contribution in [0.25, 0.3) is 5.57 Å². The van der Waals surface area contributed by atoms with E-state index in [0.29, 0.717) is 10.9 Å². The molecule has 1 aromatic heterocycles. The van der Waals surface area contributed by atoms with Crippen LogP contribution in [0.3, 0.4) is 0 Å². The summed E-state index contributed by atoms with van der Waals surface area (Å²) in [6.07, 6.45) is 6.23. The van der Waals surface area contributed by atoms with E-state index < -0.39 is 5.82 Å². The minimum atomic E-state index is -0.629. The maximum atomic E-state index is 13.0. The first-order valence-corrected chi connectivity index (χ1v) is 5.61. The summed E-state index contributed by atoms with van der Waals surface area (Å²) in [5, 5.41) is 6.75. The molecule has 0 amide bonds. The van der Waals surface area contributed by atoms with E-state index in [1.54, 1.807) is 18.5 Å². The zero-order valence-electron chi connectivity index (χ0n) is 9.11. The van der Waals surface area contributed by atoms with Crippen molar-refractivity contribution >= 4 is 23.0 Å². The van der Waals surface area contributed by atoms with E-state index in [9.17, 15) is 4.39 Å². The van der Waals surface area contributed by atoms with Crippen molar-refractivity contribution in [1.82, 2.24) is 20.6 Å². The maximum Gasteiger partial charge on any atom is 0.183 e. The highest BCUT2D eigenvalue weighted by molar-refractivity contribution is 6.31. The highest BCUT2D eigenvalue weighted by atomic mass is 35.5. The Kier molecular flexibility index (Phi) is 2.45. The lowest BCUT2D eigenvalue weighted by atomic mass is 10.0. The van der Waals surface area contributed by atoms with Crippen LogP contribution in [-0.4, -0.2) is 16.1 Å². The number of rotatable bonds is 1. The third-order valence-corrected chi connectivity index (χ3v) is 2.93. The van der Waals surface area contributed by atoms with Crippen LogP contribution >= 0.6 is 11.6 Å². The number of dihydropyridines is 1. The number of nitrogens with zero attached hydrogens (tertiary/aromatic N) is 2. The van der Waals surface area contributed by atoms with Crippen molar-refractivity contribution in [2.24, 2.45) is 0 Å². The Morgan fingerprint density at radius 2 is 2.11 bits per heavy atom. The number of halogens is 2. The van der Waals surface area contributed by atoms with E-state index >= 15 is 0 Å². The summed E-state index contributed by atoms with van der Waals surface area (Å²) in [6.45, 7) is 0. The highest BCUT2D eigenvalue weighted by Gasteiger charge is 2.27. The minimum Gasteiger partial charge on any atom is -0.381 e. The molecule has 0 radical (unpaired) electrons. The summed E-state index contributed by atoms with van der Waals surface area (Å²) in [5.74, 6) is -0.436. The maximum absolute atomic E-state index is 13.0. The lowest BCUT2D eigenvalue weighted by Crippen LogP contribution is -2.36. The highest BCUT2D eigenvalue weighted by Crippen LogP contribution is 2.30. The molecule has 3 rings (SSSR count). The van der Waals surface area contributed by atoms with Crippen LogP contribution in [0, 0.1) is 5.82 Å². The molecule has 1 aromatic rings. The Morgan fingerprint density at radius 3 is 2.89 bits per heavy atom. The van der Waals surface area contributed by atoms with E-state index in [2.05, 4.69) is 20.6 Å². The second kappa shape index (κ2) is 3.99. The molecule has 0 aliphatic carbocycles. The third-order valence-electron chi connectivity index (χ3n) is 2.71. The molecular weight excluding hydrogens is 257 g/mol. The number of allylic oxidation sites excluding steroid dienone is 2. The predicted molar refractivity (Wildman–Crippen MR) is 66.5 cm³/mol. The Bertz CT molecular complexity index is 607. The summed E-state index contributed by atoms with van der Waals surface area (Å²) >= 11 is 5.93. The van der Waals surface area contributed by atoms with Crippen LogP contribution in [0.1, 0.15) is 5.82 Å². The standard InChI is InChI=1S/C11H9ClFN5/c12-5-1-6-7(3-16-10(6)15-2-5)11-17-4-8(13)9(14)18-11/h1-4,10,15-16H,(H2,14,17,18). The number of anilines is 1. The average molecular weight is 266 g/mol. The monoisotopic (exact) mass is 265 g/mol. The summed E-state index contributed by atoms with van der Waals surface area (Å²) < 4.78 is 13.0. The predicted octanol–water partition coefficient (Wildman–Crippen LogP) is 1.08. The van der Waals surface area contributed by atoms with Gasteiger partial charge in [0.1, 0.15) is 6.17 Å². The number of hydrogen-bond donors (Lipinski definition) is 3. The number of nitrogen functional groups attached to an aromatic ring is 1. The lowest BCUT2D eigenvalue weighted by Gasteiger charge is -2.19. The molecule has 7 heteroatoms. The minimum absolute atomic E-state index is 0.0719. The molecule has 0 bridgehead atoms. The molecular formula is C11H9ClFN5. The first kappa shape index (κ1) is 11.0. The molecule has 0 fully saturated rings. The van der Waals surface area contributed by atoms with E-state index in [4.69, 9.17) is 17.3 Å². The fourth-order valence-electron chi connectivity index (χ4n) is 1.85. The molecule has 18 heavy (non-hydrogen) atoms. The lowest BCUT2D eigenvalue weighted by molar-refractivity contribution is 0.618. The fraction of sp³-hybridized carbons (Fsp3) is 0.0909. The molecule has 2 aliphatic heterocycles. The van der Waals surface area contributed by atoms with Crippen LogP contribution in [0.15, 0.2) is 35.3 Å². The quantitative estimate of drug-likeness (QED) is 0.708. The van der Waals surface area contributed by atoms with E-state index in [1.807, 2.05) is 0 Å². The summed E-state index contributed by atoms with van der Waals surface area (Å²) in [5.41, 5.74) is 7.08. The number of nitrogens with one attached hydrogen (secondary N) is 2. The topological polar surface area (TPSA) is 75.9 Å². The van der Waals surface area contributed by atoms with Gasteiger partial charge in [-0.05, 0) is 6.08 Å². The molecule has 4 N–H and O–H groups in total. The van der Waals surface area contributed by atoms with Gasteiger partial charge in [-0.1, -0.05) is 11.6 Å². The van der Waals surface area contributed by atoms with Crippen molar-refractivity contribution < 1.29 is 4.39 Å². The van der Waals surface area contributed by atoms with Gasteiger partial charge in [-0.15, -0.1) is 0 Å². The number of fused-ring (bicyclic) bond motifs is 1. The van der Waals surface area contributed by atoms with E-state index in [0.717, 1.165) is 17.3 Å². The van der Waals surface area contributed by atoms with Gasteiger partial charge in [0.2, 0.25) is 0 Å². The zero-order chi connectivity index (χ0) is 12.7. The van der Waals surface area contributed by atoms with Crippen LogP contribution < -0.4 is 16.4 Å². The van der Waals surface area contributed by atoms with Gasteiger partial charge in [-0.3, -0.25) is 0 Å². The average Bonchev–Trinajstić information content (AvgIpc) is 2.75. The third kappa shape index (κ3) is 1.70. The first-order valence-electron chi connectivity index (χ1n) is 5.23. The second-order valence-electron chi connectivity index (χ2n) is 3.88. The van der Waals surface area contributed by atoms with Crippen LogP contribution in [0.5, 0.6) is 0 Å². The molecule has 0 aromatic carbocycles. The Balaban J connectivity index is 2.02. The van der Waals surface area contributed by atoms with Gasteiger partial charge < -0.3 is 16.4 Å². The van der Waals surface area contributed by atoms with Gasteiger partial charge in [-0.25, -0.2) is 14.4 Å². The number of nitrogens with two attached hydrogens (primary N) is 1. The van der Waals surface area contributed by atoms with Crippen molar-refractivity contribution in [3.63, 3.8) is 0 Å². The molecule has 92 valence electrons. The summed E-state index contributed by atoms with van der Waals surface area (Å²) in [4.78, 5) is 7.85. The molecule has 2 aliphatic rings. The first-order chi connectivity index (χ1) is 8.65. The van der Waals surface area contributed by atoms with Crippen molar-refractivity contribution in [3.8, 4) is 0 Å². The van der Waals surface area contributed by atoms with Crippen LogP contribution in [-0.2, 0) is 0 Å². The Labute approximate surface area is 107 Å². The summed E-state index contributed by atoms with van der Waals surface area (Å²) in [6, 6.07) is 0. The van der Waals surface area contributed by atoms with Crippen molar-refractivity contribution in [2.75, 3.05) is 5.73 Å². The number of hydrogen-bond acceptors (Lipinski definition) is 5. The van der Waals surface area contributed by atoms with Crippen LogP contribution in [0.2, 0.25) is 0 Å². The Hall–Kier alpha value is -2.08. The smallest absolute Gasteiger partial charge is 0.183 e. The zero-order valence-corrected chi connectivity index (χ0v) is 9.87. The molecule has 3 heterocycles. The molecule has 1 unspecified atom stereocenters. The van der Waals surface area contributed by atoms with Crippen molar-refractivity contribution in [1.29, 1.82) is 0 Å². The largest absolute Gasteiger partial charge is 0.381 e. The van der Waals surface area contributed by atoms with Gasteiger partial charge in [0, 0.05) is 23.5 Å². The molecule has 0 saturated carbocycles. The van der Waals surface area contributed by atoms with Crippen molar-refractivity contribution in [3.05, 3.63) is 46.9 Å². The van der Waals surface area contributed by atoms with E-state index in [1.165, 1.54) is 0 Å². The Morgan fingerprint density at radius 1 is 1.33 bits per heavy atom. The SMILES string of the molecule is Nc1nc(C2=CNC3NC=C(Cl)C=C23)ncc1F. The molecule has 0 saturated heterocycles. The van der Waals surface area contributed by atoms with Crippen LogP contribution in [0.4, 0.5) is 10.2 Å². The van der Waals surface area contributed by atoms with E-state index in [-0.39, 0.29) is 12.0 Å². The molecule has 1 atom stereocenters. The fourth-order valence-corrected chi connectivity index (χ4v) is 2.03. The van der Waals surface area contributed by atoms with Gasteiger partial charge >= 0.3 is 0 Å². The second-order valence-corrected chi connectivity index (χ2v) is 4.32. The number of aromatic nitrogens is 2. The van der Waals surface area contributed by atoms with Gasteiger partial charge in [0.25, 0.3) is 0 Å². The van der Waals surface area contributed by atoms with Gasteiger partial charge in [-0.2, -0.15) is 0 Å². The molecule has 0 spiro atoms. The van der Waals surface area contributed by atoms with Gasteiger partial charge in [0.05, 0.1) is 11.2 Å².